The van der Waals surface area contributed by atoms with Gasteiger partial charge in [0.05, 0.1) is 13.7 Å². The van der Waals surface area contributed by atoms with E-state index in [0.29, 0.717) is 11.3 Å². The first kappa shape index (κ1) is 12.0. The van der Waals surface area contributed by atoms with Crippen LogP contribution in [0.4, 0.5) is 4.39 Å². The normalized spacial score (nSPS) is 11.6. The lowest BCUT2D eigenvalue weighted by molar-refractivity contribution is 0.213. The predicted octanol–water partition coefficient (Wildman–Crippen LogP) is 2.41. The van der Waals surface area contributed by atoms with Crippen molar-refractivity contribution < 1.29 is 14.2 Å². The molecule has 1 N–H and O–H groups in total. The highest BCUT2D eigenvalue weighted by Gasteiger charge is 2.26. The van der Waals surface area contributed by atoms with Gasteiger partial charge in [-0.1, -0.05) is 13.8 Å². The number of aliphatic hydroxyl groups excluding tert-OH is 1. The van der Waals surface area contributed by atoms with Gasteiger partial charge in [-0.2, -0.15) is 0 Å². The summed E-state index contributed by atoms with van der Waals surface area (Å²) in [5.74, 6) is 0.347. The van der Waals surface area contributed by atoms with Gasteiger partial charge >= 0.3 is 0 Å². The highest BCUT2D eigenvalue weighted by molar-refractivity contribution is 5.45. The van der Waals surface area contributed by atoms with Crippen LogP contribution >= 0.6 is 0 Å². The van der Waals surface area contributed by atoms with Crippen LogP contribution in [0.3, 0.4) is 0 Å². The first-order valence-electron chi connectivity index (χ1n) is 4.88. The van der Waals surface area contributed by atoms with E-state index in [-0.39, 0.29) is 12.4 Å². The number of aliphatic hydroxyl groups is 1. The van der Waals surface area contributed by atoms with Crippen molar-refractivity contribution in [3.8, 4) is 5.75 Å². The Balaban J connectivity index is 3.42. The van der Waals surface area contributed by atoms with Gasteiger partial charge in [0.1, 0.15) is 11.6 Å². The molecule has 0 amide bonds. The quantitative estimate of drug-likeness (QED) is 0.833. The van der Waals surface area contributed by atoms with E-state index in [4.69, 9.17) is 4.74 Å². The van der Waals surface area contributed by atoms with Crippen LogP contribution in [0.2, 0.25) is 0 Å². The van der Waals surface area contributed by atoms with E-state index in [1.807, 2.05) is 13.8 Å². The molecule has 1 rings (SSSR count). The summed E-state index contributed by atoms with van der Waals surface area (Å²) >= 11 is 0. The first-order chi connectivity index (χ1) is 6.94. The summed E-state index contributed by atoms with van der Waals surface area (Å²) < 4.78 is 18.6. The Morgan fingerprint density at radius 1 is 1.40 bits per heavy atom. The second-order valence-corrected chi connectivity index (χ2v) is 4.29. The SMILES string of the molecule is COc1ccc(F)c(C)c1C(C)(C)CO. The Morgan fingerprint density at radius 3 is 2.47 bits per heavy atom. The zero-order chi connectivity index (χ0) is 11.6. The molecule has 3 heteroatoms. The molecule has 0 aliphatic rings. The summed E-state index contributed by atoms with van der Waals surface area (Å²) in [6.07, 6.45) is 0. The molecule has 1 aromatic rings. The first-order valence-corrected chi connectivity index (χ1v) is 4.88. The van der Waals surface area contributed by atoms with Crippen LogP contribution in [-0.2, 0) is 5.41 Å². The Morgan fingerprint density at radius 2 is 2.00 bits per heavy atom. The van der Waals surface area contributed by atoms with Gasteiger partial charge in [0, 0.05) is 11.0 Å². The minimum absolute atomic E-state index is 0.0480. The van der Waals surface area contributed by atoms with Crippen molar-refractivity contribution in [1.82, 2.24) is 0 Å². The second-order valence-electron chi connectivity index (χ2n) is 4.29. The Kier molecular flexibility index (Phi) is 3.35. The standard InChI is InChI=1S/C12H17FO2/c1-8-9(13)5-6-10(15-4)11(8)12(2,3)7-14/h5-6,14H,7H2,1-4H3. The molecule has 0 saturated carbocycles. The molecule has 0 bridgehead atoms. The Labute approximate surface area is 89.7 Å². The lowest BCUT2D eigenvalue weighted by atomic mass is 9.82. The topological polar surface area (TPSA) is 29.5 Å². The van der Waals surface area contributed by atoms with Gasteiger partial charge in [-0.3, -0.25) is 0 Å². The molecule has 0 saturated heterocycles. The number of rotatable bonds is 3. The van der Waals surface area contributed by atoms with Crippen LogP contribution in [0.15, 0.2) is 12.1 Å². The molecule has 2 nitrogen and oxygen atoms in total. The van der Waals surface area contributed by atoms with Crippen molar-refractivity contribution in [3.05, 3.63) is 29.1 Å². The Hall–Kier alpha value is -1.09. The van der Waals surface area contributed by atoms with E-state index in [1.165, 1.54) is 6.07 Å². The highest BCUT2D eigenvalue weighted by Crippen LogP contribution is 2.35. The Bertz CT molecular complexity index is 359. The van der Waals surface area contributed by atoms with Crippen molar-refractivity contribution in [3.63, 3.8) is 0 Å². The fourth-order valence-electron chi connectivity index (χ4n) is 1.75. The summed E-state index contributed by atoms with van der Waals surface area (Å²) in [6, 6.07) is 2.97. The monoisotopic (exact) mass is 212 g/mol. The third-order valence-electron chi connectivity index (χ3n) is 2.65. The maximum atomic E-state index is 13.4. The molecule has 0 unspecified atom stereocenters. The lowest BCUT2D eigenvalue weighted by Crippen LogP contribution is -2.24. The van der Waals surface area contributed by atoms with Gasteiger partial charge in [-0.05, 0) is 24.6 Å². The number of halogens is 1. The summed E-state index contributed by atoms with van der Waals surface area (Å²) in [4.78, 5) is 0. The molecule has 0 aliphatic carbocycles. The molecule has 84 valence electrons. The van der Waals surface area contributed by atoms with Crippen LogP contribution < -0.4 is 4.74 Å². The molecule has 1 aromatic carbocycles. The van der Waals surface area contributed by atoms with Gasteiger partial charge in [0.25, 0.3) is 0 Å². The van der Waals surface area contributed by atoms with Crippen molar-refractivity contribution in [2.75, 3.05) is 13.7 Å². The van der Waals surface area contributed by atoms with Crippen molar-refractivity contribution in [1.29, 1.82) is 0 Å². The molecule has 0 aliphatic heterocycles. The number of ether oxygens (including phenoxy) is 1. The van der Waals surface area contributed by atoms with Crippen LogP contribution in [0.5, 0.6) is 5.75 Å². The average Bonchev–Trinajstić information content (AvgIpc) is 2.21. The molecule has 15 heavy (non-hydrogen) atoms. The number of methoxy groups -OCH3 is 1. The zero-order valence-electron chi connectivity index (χ0n) is 9.60. The average molecular weight is 212 g/mol. The molecule has 0 fully saturated rings. The predicted molar refractivity (Wildman–Crippen MR) is 57.8 cm³/mol. The summed E-state index contributed by atoms with van der Waals surface area (Å²) in [5, 5.41) is 9.30. The maximum Gasteiger partial charge on any atom is 0.126 e. The van der Waals surface area contributed by atoms with Crippen LogP contribution in [0.1, 0.15) is 25.0 Å². The van der Waals surface area contributed by atoms with Crippen LogP contribution in [0.25, 0.3) is 0 Å². The van der Waals surface area contributed by atoms with Gasteiger partial charge in [-0.25, -0.2) is 4.39 Å². The van der Waals surface area contributed by atoms with Crippen molar-refractivity contribution in [2.24, 2.45) is 0 Å². The number of hydrogen-bond donors (Lipinski definition) is 1. The third-order valence-corrected chi connectivity index (χ3v) is 2.65. The van der Waals surface area contributed by atoms with Gasteiger partial charge in [0.2, 0.25) is 0 Å². The van der Waals surface area contributed by atoms with Gasteiger partial charge < -0.3 is 9.84 Å². The lowest BCUT2D eigenvalue weighted by Gasteiger charge is -2.26. The van der Waals surface area contributed by atoms with Gasteiger partial charge in [-0.15, -0.1) is 0 Å². The summed E-state index contributed by atoms with van der Waals surface area (Å²) in [6.45, 7) is 5.37. The largest absolute Gasteiger partial charge is 0.496 e. The van der Waals surface area contributed by atoms with E-state index < -0.39 is 5.41 Å². The third kappa shape index (κ3) is 2.12. The smallest absolute Gasteiger partial charge is 0.126 e. The molecule has 0 spiro atoms. The molecular formula is C12H17FO2. The van der Waals surface area contributed by atoms with E-state index in [2.05, 4.69) is 0 Å². The second kappa shape index (κ2) is 4.19. The van der Waals surface area contributed by atoms with Crippen LogP contribution in [0, 0.1) is 12.7 Å². The van der Waals surface area contributed by atoms with Gasteiger partial charge in [0.15, 0.2) is 0 Å². The van der Waals surface area contributed by atoms with Crippen molar-refractivity contribution >= 4 is 0 Å². The van der Waals surface area contributed by atoms with E-state index in [9.17, 15) is 9.50 Å². The molecule has 0 atom stereocenters. The van der Waals surface area contributed by atoms with E-state index in [1.54, 1.807) is 20.1 Å². The minimum atomic E-state index is -0.502. The summed E-state index contributed by atoms with van der Waals surface area (Å²) in [5.41, 5.74) is 0.762. The van der Waals surface area contributed by atoms with E-state index in [0.717, 1.165) is 5.56 Å². The highest BCUT2D eigenvalue weighted by atomic mass is 19.1. The fourth-order valence-corrected chi connectivity index (χ4v) is 1.75. The fraction of sp³-hybridized carbons (Fsp3) is 0.500. The maximum absolute atomic E-state index is 13.4. The molecule has 0 radical (unpaired) electrons. The zero-order valence-corrected chi connectivity index (χ0v) is 9.60. The number of benzene rings is 1. The molecule has 0 aromatic heterocycles. The van der Waals surface area contributed by atoms with Crippen LogP contribution in [-0.4, -0.2) is 18.8 Å². The van der Waals surface area contributed by atoms with E-state index >= 15 is 0 Å². The van der Waals surface area contributed by atoms with Crippen molar-refractivity contribution in [2.45, 2.75) is 26.2 Å². The summed E-state index contributed by atoms with van der Waals surface area (Å²) in [7, 11) is 1.55. The molecular weight excluding hydrogens is 195 g/mol. The number of hydrogen-bond acceptors (Lipinski definition) is 2. The minimum Gasteiger partial charge on any atom is -0.496 e. The molecule has 0 heterocycles.